The molecule has 17 rings (SSSR count). The van der Waals surface area contributed by atoms with Crippen molar-refractivity contribution in [2.24, 2.45) is 81.3 Å². The number of carbonyl (C=O) groups excluding carboxylic acids is 9. The van der Waals surface area contributed by atoms with Crippen molar-refractivity contribution in [3.8, 4) is 34.9 Å². The molecule has 3 amide bonds. The second-order valence-corrected chi connectivity index (χ2v) is 41.1. The Hall–Kier alpha value is -8.36. The number of hydrogen-bond donors (Lipinski definition) is 0. The summed E-state index contributed by atoms with van der Waals surface area (Å²) in [6.07, 6.45) is 14.3. The molecule has 0 spiro atoms. The number of alkyl halides is 6. The molecule has 36 heteroatoms. The first-order valence-electron chi connectivity index (χ1n) is 47.3. The van der Waals surface area contributed by atoms with E-state index in [0.29, 0.717) is 129 Å². The number of benzene rings is 3. The van der Waals surface area contributed by atoms with Gasteiger partial charge in [0.2, 0.25) is 41.8 Å². The van der Waals surface area contributed by atoms with Crippen LogP contribution in [0.4, 0.5) is 26.3 Å². The Bertz CT molecular complexity index is 5230. The summed E-state index contributed by atoms with van der Waals surface area (Å²) in [5, 5.41) is 0. The Kier molecular flexibility index (Phi) is 36.5. The normalized spacial score (nSPS) is 30.4. The van der Waals surface area contributed by atoms with Crippen LogP contribution < -0.4 is 28.4 Å². The molecule has 5 saturated carbocycles. The number of aryl methyl sites for hydroxylation is 3. The number of rotatable bonds is 7. The molecule has 3 radical (unpaired) electrons. The third kappa shape index (κ3) is 24.4. The first-order chi connectivity index (χ1) is 63.5. The van der Waals surface area contributed by atoms with Gasteiger partial charge in [0.25, 0.3) is 5.92 Å². The molecular formula is C100H126F6N9O18V3-3. The van der Waals surface area contributed by atoms with Crippen LogP contribution in [0.1, 0.15) is 221 Å². The molecule has 27 nitrogen and oxygen atoms in total. The minimum atomic E-state index is -3.76. The molecule has 0 N–H and O–H groups in total. The van der Waals surface area contributed by atoms with Crippen molar-refractivity contribution in [1.29, 1.82) is 0 Å². The van der Waals surface area contributed by atoms with Crippen LogP contribution >= 0.6 is 0 Å². The van der Waals surface area contributed by atoms with E-state index in [0.717, 1.165) is 125 Å². The van der Waals surface area contributed by atoms with Gasteiger partial charge >= 0.3 is 17.9 Å². The zero-order valence-electron chi connectivity index (χ0n) is 79.7. The van der Waals surface area contributed by atoms with Gasteiger partial charge in [0, 0.05) is 79.9 Å². The zero-order chi connectivity index (χ0) is 95.4. The first kappa shape index (κ1) is 108. The monoisotopic (exact) mass is 2010 g/mol. The van der Waals surface area contributed by atoms with Crippen molar-refractivity contribution in [2.75, 3.05) is 48.1 Å². The van der Waals surface area contributed by atoms with Crippen molar-refractivity contribution < 1.29 is 168 Å². The minimum absolute atomic E-state index is 0. The van der Waals surface area contributed by atoms with Gasteiger partial charge in [-0.15, -0.1) is 0 Å². The van der Waals surface area contributed by atoms with E-state index in [9.17, 15) is 56.3 Å². The molecule has 3 aromatic heterocycles. The number of carbonyl (C=O) groups is 6. The summed E-state index contributed by atoms with van der Waals surface area (Å²) in [6, 6.07) is 10.6. The molecule has 3 saturated heterocycles. The standard InChI is InChI=1S/C34H42F2N3O6.C33H41FN3O6.C32H40F2N3O6.CH3F.3V/c1-33(2,3)23-16-29(41)45-30-20-11-10-19(14-20)22(30)8-6-5-7-9-25-31(38-26-15-21(43-4)12-13-24(26)37-25)44-28-17-39(32(23)42)27(18-40)34(28,35)36;1-33(2,3)22-15-29(39)42-27-13-18-12-21(18)20(27)8-6-5-7-9-24-31(36-25-14-19(41-4)10-11-23(25)35-24)43-28-16-37(32(22)40)26(17-38)30(28)34;1-32(2,3)20-15-27(39)42-25-13-18(25)9-7-5-6-8-10-22-30(36-23-14-19(41-4)11-12-21(23)35-22)43-26-16-37(31(20)40)24(17-38)28(26)29(33)34;1-2;;;/h12-13,15,19-20,22-23,27-28,30H,5-11,14,16-17H2,1-4H3;10-11,14,18,20-22,26-28,30H,5-9,12-13,15-16H2,1-4H3;11-12,14,18,20,24-26,28-29H,5-10,13,15-16H2,1-4H3;1H3;;;/q3*-1;;;;/t19-,20+,22-,23-,27-,28+,30-;18?,20-,21?,22-,26-,27-,28+,30+;18-,20-,24-,25-,26+,28+;;;;/m111..../s1. The second-order valence-electron chi connectivity index (χ2n) is 41.1. The number of halogens is 6. The summed E-state index contributed by atoms with van der Waals surface area (Å²) in [7, 11) is 5.11. The predicted octanol–water partition coefficient (Wildman–Crippen LogP) is 15.9. The molecule has 8 bridgehead atoms. The third-order valence-electron chi connectivity index (χ3n) is 29.4. The van der Waals surface area contributed by atoms with Crippen LogP contribution in [0.3, 0.4) is 0 Å². The Morgan fingerprint density at radius 3 is 1.29 bits per heavy atom. The average Bonchev–Trinajstić information content (AvgIpc) is 1.48. The van der Waals surface area contributed by atoms with Gasteiger partial charge in [-0.25, -0.2) is 70.7 Å². The van der Waals surface area contributed by atoms with Gasteiger partial charge in [-0.05, 0) is 196 Å². The minimum Gasteiger partial charge on any atom is -0.540 e. The van der Waals surface area contributed by atoms with Crippen molar-refractivity contribution in [1.82, 2.24) is 44.6 Å². The maximum absolute atomic E-state index is 15.9. The number of hydrogen-bond acceptors (Lipinski definition) is 24. The molecule has 21 atom stereocenters. The first-order valence-corrected chi connectivity index (χ1v) is 47.3. The van der Waals surface area contributed by atoms with Crippen LogP contribution in [-0.2, 0) is 132 Å². The number of methoxy groups -OCH3 is 3. The largest absolute Gasteiger partial charge is 0.540 e. The van der Waals surface area contributed by atoms with Crippen molar-refractivity contribution in [3.05, 3.63) is 71.7 Å². The average molecular weight is 2010 g/mol. The van der Waals surface area contributed by atoms with Gasteiger partial charge in [-0.3, -0.25) is 33.2 Å². The summed E-state index contributed by atoms with van der Waals surface area (Å²) in [4.78, 5) is 149. The molecule has 3 aromatic carbocycles. The number of aromatic nitrogens is 6. The summed E-state index contributed by atoms with van der Waals surface area (Å²) in [5.41, 5.74) is 2.77. The Labute approximate surface area is 826 Å². The Morgan fingerprint density at radius 1 is 0.412 bits per heavy atom. The van der Waals surface area contributed by atoms with E-state index in [-0.39, 0.29) is 130 Å². The van der Waals surface area contributed by atoms with Crippen LogP contribution in [0, 0.1) is 81.3 Å². The molecule has 11 aliphatic rings. The molecule has 2 unspecified atom stereocenters. The quantitative estimate of drug-likeness (QED) is 0.0620. The summed E-state index contributed by atoms with van der Waals surface area (Å²) in [6.45, 7) is 15.3. The molecule has 6 aromatic rings. The van der Waals surface area contributed by atoms with E-state index >= 15 is 13.2 Å². The van der Waals surface area contributed by atoms with Gasteiger partial charge in [-0.1, -0.05) is 113 Å². The van der Waals surface area contributed by atoms with E-state index in [1.807, 2.05) is 32.9 Å². The number of amides is 3. The topological polar surface area (TPSA) is 324 Å². The molecule has 136 heavy (non-hydrogen) atoms. The third-order valence-corrected chi connectivity index (χ3v) is 29.4. The fraction of sp³-hybridized carbons (Fsp3) is 0.670. The zero-order valence-corrected chi connectivity index (χ0v) is 83.9. The van der Waals surface area contributed by atoms with E-state index in [1.165, 1.54) is 31.8 Å². The van der Waals surface area contributed by atoms with E-state index in [4.69, 9.17) is 62.6 Å². The number of nitrogens with zero attached hydrogens (tertiary/aromatic N) is 9. The van der Waals surface area contributed by atoms with E-state index < -0.39 is 137 Å². The SMILES string of the molecule is CF.COc1ccc2nc3c(nc2c1)O[C@H]1CN(C(=O)[C@H](C(C)(C)C)CC(=O)O[C@@H]2CC4CC4[C@H]2CCCCC3)[C@H]([C-]=O)[C@@H]1F.COc1ccc2nc3c(nc2c1)O[C@H]1CN(C(=O)[C@H](C(C)(C)C)CC(=O)O[C@@H]2C[C@H]2CCCCCC3)[C@H]([C-]=O)[C@@H]1C(F)F.COc1ccc2nc3c(nc2c1)O[C@H]1CN(C(=O)[C@H](C(C)(C)C)CC(=O)O[C@@H]2[C@H]4CC[C@H](C4)[C@H]2CCCCC3)[C@H]([C-]=O)C1(F)F.[V].[V].[V]. The summed E-state index contributed by atoms with van der Waals surface area (Å²) < 4.78 is 138. The molecule has 739 valence electrons. The molecule has 8 fully saturated rings. The molecular weight excluding hydrogens is 1880 g/mol. The fourth-order valence-electron chi connectivity index (χ4n) is 21.6. The van der Waals surface area contributed by atoms with Gasteiger partial charge < -0.3 is 71.7 Å². The summed E-state index contributed by atoms with van der Waals surface area (Å²) >= 11 is 0. The van der Waals surface area contributed by atoms with E-state index in [2.05, 4.69) is 9.97 Å². The molecule has 6 aliphatic heterocycles. The maximum Gasteiger partial charge on any atom is 0.306 e. The predicted molar refractivity (Wildman–Crippen MR) is 477 cm³/mol. The van der Waals surface area contributed by atoms with Gasteiger partial charge in [-0.2, -0.15) is 0 Å². The van der Waals surface area contributed by atoms with Crippen LogP contribution in [-0.4, -0.2) is 221 Å². The second kappa shape index (κ2) is 45.9. The van der Waals surface area contributed by atoms with Crippen LogP contribution in [0.5, 0.6) is 34.9 Å². The number of ether oxygens (including phenoxy) is 9. The maximum atomic E-state index is 15.9. The fourth-order valence-corrected chi connectivity index (χ4v) is 21.6. The van der Waals surface area contributed by atoms with Crippen molar-refractivity contribution >= 4 is 87.6 Å². The Balaban J connectivity index is 0.000000192. The molecule has 9 heterocycles. The van der Waals surface area contributed by atoms with Crippen LogP contribution in [0.25, 0.3) is 33.1 Å². The number of esters is 3. The van der Waals surface area contributed by atoms with Crippen LogP contribution in [0.2, 0.25) is 0 Å². The number of fused-ring (bicyclic) bond motifs is 21. The van der Waals surface area contributed by atoms with Crippen LogP contribution in [0.15, 0.2) is 54.6 Å². The summed E-state index contributed by atoms with van der Waals surface area (Å²) in [5.74, 6) is -6.33. The van der Waals surface area contributed by atoms with Gasteiger partial charge in [0.1, 0.15) is 71.0 Å². The smallest absolute Gasteiger partial charge is 0.306 e. The Morgan fingerprint density at radius 2 is 0.824 bits per heavy atom. The van der Waals surface area contributed by atoms with Crippen molar-refractivity contribution in [2.45, 2.75) is 296 Å². The van der Waals surface area contributed by atoms with E-state index in [1.54, 1.807) is 104 Å². The van der Waals surface area contributed by atoms with Crippen molar-refractivity contribution in [3.63, 3.8) is 0 Å². The van der Waals surface area contributed by atoms with Gasteiger partial charge in [0.15, 0.2) is 6.10 Å². The van der Waals surface area contributed by atoms with Gasteiger partial charge in [0.05, 0.1) is 124 Å². The molecule has 5 aliphatic carbocycles.